The Morgan fingerprint density at radius 2 is 1.56 bits per heavy atom. The fourth-order valence-electron chi connectivity index (χ4n) is 5.46. The number of imidazole rings is 1. The average molecular weight is 471 g/mol. The van der Waals surface area contributed by atoms with Gasteiger partial charge in [0.2, 0.25) is 5.90 Å². The number of rotatable bonds is 3. The minimum Gasteiger partial charge on any atom is -0.475 e. The van der Waals surface area contributed by atoms with Crippen molar-refractivity contribution in [2.24, 2.45) is 4.99 Å². The van der Waals surface area contributed by atoms with E-state index in [2.05, 4.69) is 107 Å². The predicted octanol–water partition coefficient (Wildman–Crippen LogP) is 5.62. The van der Waals surface area contributed by atoms with Gasteiger partial charge >= 0.3 is 0 Å². The van der Waals surface area contributed by atoms with Gasteiger partial charge in [0.25, 0.3) is 6.33 Å². The predicted molar refractivity (Wildman–Crippen MR) is 142 cm³/mol. The Kier molecular flexibility index (Phi) is 5.16. The molecule has 5 aliphatic rings. The normalized spacial score (nSPS) is 17.0. The third-order valence-electron chi connectivity index (χ3n) is 7.48. The number of pyridine rings is 1. The van der Waals surface area contributed by atoms with Crippen LogP contribution in [0.5, 0.6) is 0 Å². The van der Waals surface area contributed by atoms with Crippen LogP contribution in [0.2, 0.25) is 0 Å². The first kappa shape index (κ1) is 21.1. The van der Waals surface area contributed by atoms with E-state index in [-0.39, 0.29) is 6.04 Å². The molecule has 5 aromatic rings. The standard InChI is InChI=1S/C32H28N3O/c1-2-6-26(7-3-1)30-21-36-32(33-30)29-18-23-9-10-24-12-14-27(16-15-25(29)13-11-23)31(19-24)35-20-28-8-4-5-17-34(28)22-35/h1-8,11-14,17-20,22,30H,9-10,15-16,21H2/q+1/t30-/m0/s1. The Morgan fingerprint density at radius 1 is 0.778 bits per heavy atom. The molecular weight excluding hydrogens is 442 g/mol. The molecule has 3 heterocycles. The first-order valence-electron chi connectivity index (χ1n) is 12.8. The van der Waals surface area contributed by atoms with Gasteiger partial charge < -0.3 is 4.74 Å². The largest absolute Gasteiger partial charge is 0.475 e. The molecule has 0 amide bonds. The van der Waals surface area contributed by atoms with Crippen LogP contribution in [0, 0.1) is 0 Å². The number of hydrogen-bond acceptors (Lipinski definition) is 2. The molecule has 4 nitrogen and oxygen atoms in total. The van der Waals surface area contributed by atoms with E-state index >= 15 is 0 Å². The lowest BCUT2D eigenvalue weighted by molar-refractivity contribution is -0.594. The lowest BCUT2D eigenvalue weighted by Gasteiger charge is -2.15. The molecule has 0 saturated heterocycles. The summed E-state index contributed by atoms with van der Waals surface area (Å²) in [6.45, 7) is 0.604. The Labute approximate surface area is 211 Å². The molecule has 1 atom stereocenters. The summed E-state index contributed by atoms with van der Waals surface area (Å²) in [5.74, 6) is 0.792. The average Bonchev–Trinajstić information content (AvgIpc) is 3.58. The number of ether oxygens (including phenoxy) is 1. The SMILES string of the molecule is c1ccc([C@@H]2COC(c3cc4ccc3CCc3ccc(cc3-[n+]3cc5ccccn5c3)CC4)=N2)cc1. The van der Waals surface area contributed by atoms with Crippen molar-refractivity contribution in [1.82, 2.24) is 4.40 Å². The van der Waals surface area contributed by atoms with E-state index in [9.17, 15) is 0 Å². The monoisotopic (exact) mass is 470 g/mol. The van der Waals surface area contributed by atoms with E-state index in [1.807, 2.05) is 6.07 Å². The summed E-state index contributed by atoms with van der Waals surface area (Å²) in [6, 6.07) is 30.7. The Morgan fingerprint density at radius 3 is 2.42 bits per heavy atom. The van der Waals surface area contributed by atoms with Crippen molar-refractivity contribution in [1.29, 1.82) is 0 Å². The summed E-state index contributed by atoms with van der Waals surface area (Å²) in [4.78, 5) is 5.02. The van der Waals surface area contributed by atoms with Gasteiger partial charge in [-0.2, -0.15) is 0 Å². The van der Waals surface area contributed by atoms with Crippen molar-refractivity contribution in [2.75, 3.05) is 6.61 Å². The molecule has 0 spiro atoms. The van der Waals surface area contributed by atoms with E-state index in [4.69, 9.17) is 9.73 Å². The van der Waals surface area contributed by atoms with Crippen LogP contribution in [0.4, 0.5) is 0 Å². The maximum atomic E-state index is 6.19. The van der Waals surface area contributed by atoms with E-state index in [0.29, 0.717) is 6.61 Å². The summed E-state index contributed by atoms with van der Waals surface area (Å²) in [5.41, 5.74) is 10.2. The lowest BCUT2D eigenvalue weighted by Crippen LogP contribution is -2.29. The number of nitrogens with zero attached hydrogens (tertiary/aromatic N) is 3. The van der Waals surface area contributed by atoms with Gasteiger partial charge in [-0.1, -0.05) is 60.7 Å². The van der Waals surface area contributed by atoms with Crippen LogP contribution in [0.15, 0.2) is 109 Å². The highest BCUT2D eigenvalue weighted by Gasteiger charge is 2.24. The quantitative estimate of drug-likeness (QED) is 0.315. The Hall–Kier alpha value is -4.18. The van der Waals surface area contributed by atoms with Crippen LogP contribution in [0.25, 0.3) is 11.2 Å². The lowest BCUT2D eigenvalue weighted by atomic mass is 9.92. The van der Waals surface area contributed by atoms with Crippen LogP contribution < -0.4 is 4.57 Å². The van der Waals surface area contributed by atoms with Gasteiger partial charge in [0.15, 0.2) is 5.52 Å². The fourth-order valence-corrected chi connectivity index (χ4v) is 5.46. The zero-order valence-electron chi connectivity index (χ0n) is 20.2. The molecule has 4 bridgehead atoms. The number of aliphatic imine (C=N–C) groups is 1. The molecule has 3 aromatic carbocycles. The first-order chi connectivity index (χ1) is 17.8. The first-order valence-corrected chi connectivity index (χ1v) is 12.8. The Bertz CT molecular complexity index is 1570. The van der Waals surface area contributed by atoms with Crippen molar-refractivity contribution in [3.63, 3.8) is 0 Å². The minimum atomic E-state index is 0.0652. The second kappa shape index (κ2) is 8.80. The van der Waals surface area contributed by atoms with Gasteiger partial charge in [-0.3, -0.25) is 0 Å². The van der Waals surface area contributed by atoms with Gasteiger partial charge in [0.1, 0.15) is 24.5 Å². The molecule has 0 fully saturated rings. The second-order valence-electron chi connectivity index (χ2n) is 9.81. The molecule has 0 radical (unpaired) electrons. The van der Waals surface area contributed by atoms with E-state index in [0.717, 1.165) is 37.1 Å². The second-order valence-corrected chi connectivity index (χ2v) is 9.81. The molecular formula is C32H28N3O+. The molecule has 176 valence electrons. The van der Waals surface area contributed by atoms with Crippen molar-refractivity contribution in [3.8, 4) is 5.69 Å². The molecule has 1 aliphatic heterocycles. The highest BCUT2D eigenvalue weighted by Crippen LogP contribution is 2.28. The van der Waals surface area contributed by atoms with Crippen molar-refractivity contribution < 1.29 is 9.30 Å². The third-order valence-corrected chi connectivity index (χ3v) is 7.48. The number of aryl methyl sites for hydroxylation is 4. The molecule has 4 aliphatic carbocycles. The van der Waals surface area contributed by atoms with Crippen LogP contribution in [-0.2, 0) is 30.4 Å². The summed E-state index contributed by atoms with van der Waals surface area (Å²) < 4.78 is 10.6. The molecule has 4 heteroatoms. The summed E-state index contributed by atoms with van der Waals surface area (Å²) >= 11 is 0. The summed E-state index contributed by atoms with van der Waals surface area (Å²) in [6.07, 6.45) is 10.4. The van der Waals surface area contributed by atoms with Crippen molar-refractivity contribution >= 4 is 11.4 Å². The van der Waals surface area contributed by atoms with E-state index in [1.54, 1.807) is 0 Å². The van der Waals surface area contributed by atoms with Crippen LogP contribution in [0.1, 0.15) is 39.4 Å². The molecule has 0 saturated carbocycles. The fraction of sp³-hybridized carbons (Fsp3) is 0.188. The summed E-state index contributed by atoms with van der Waals surface area (Å²) in [5, 5.41) is 0. The highest BCUT2D eigenvalue weighted by atomic mass is 16.5. The van der Waals surface area contributed by atoms with Gasteiger partial charge in [-0.05, 0) is 77.8 Å². The smallest absolute Gasteiger partial charge is 0.254 e. The molecule has 0 N–H and O–H groups in total. The van der Waals surface area contributed by atoms with Gasteiger partial charge in [-0.25, -0.2) is 14.0 Å². The van der Waals surface area contributed by atoms with Crippen molar-refractivity contribution in [3.05, 3.63) is 137 Å². The number of aromatic nitrogens is 2. The maximum Gasteiger partial charge on any atom is 0.254 e. The van der Waals surface area contributed by atoms with Crippen LogP contribution >= 0.6 is 0 Å². The van der Waals surface area contributed by atoms with Gasteiger partial charge in [0.05, 0.1) is 6.20 Å². The van der Waals surface area contributed by atoms with Crippen LogP contribution in [0.3, 0.4) is 0 Å². The molecule has 10 rings (SSSR count). The third kappa shape index (κ3) is 3.89. The molecule has 0 unspecified atom stereocenters. The zero-order chi connectivity index (χ0) is 23.9. The summed E-state index contributed by atoms with van der Waals surface area (Å²) in [7, 11) is 0. The number of hydrogen-bond donors (Lipinski definition) is 0. The minimum absolute atomic E-state index is 0.0652. The highest BCUT2D eigenvalue weighted by molar-refractivity contribution is 5.97. The zero-order valence-corrected chi connectivity index (χ0v) is 20.2. The van der Waals surface area contributed by atoms with Crippen LogP contribution in [-0.4, -0.2) is 16.9 Å². The number of benzene rings is 3. The van der Waals surface area contributed by atoms with Gasteiger partial charge in [0, 0.05) is 5.56 Å². The maximum absolute atomic E-state index is 6.19. The topological polar surface area (TPSA) is 29.9 Å². The molecule has 36 heavy (non-hydrogen) atoms. The number of fused-ring (bicyclic) bond motifs is 1. The van der Waals surface area contributed by atoms with Gasteiger partial charge in [-0.15, -0.1) is 0 Å². The Balaban J connectivity index is 1.25. The van der Waals surface area contributed by atoms with Crippen molar-refractivity contribution in [2.45, 2.75) is 31.7 Å². The van der Waals surface area contributed by atoms with E-state index in [1.165, 1.54) is 39.0 Å². The molecule has 2 aromatic heterocycles. The van der Waals surface area contributed by atoms with E-state index < -0.39 is 0 Å².